The van der Waals surface area contributed by atoms with Gasteiger partial charge in [0.05, 0.1) is 23.4 Å². The predicted octanol–water partition coefficient (Wildman–Crippen LogP) is 4.75. The van der Waals surface area contributed by atoms with Gasteiger partial charge in [-0.25, -0.2) is 4.79 Å². The number of esters is 1. The molecule has 7 nitrogen and oxygen atoms in total. The van der Waals surface area contributed by atoms with E-state index in [1.165, 1.54) is 0 Å². The standard InChI is InChI=1S/C22H20ClNO6/c1-13-20(14(2)30-24-13)11-27-19-5-3-4-15(8-19)22(25)28-10-17-7-18(23)6-16-9-26-12-29-21(16)17/h3-8H,9-12H2,1-2H3. The van der Waals surface area contributed by atoms with Crippen LogP contribution in [0.5, 0.6) is 11.5 Å². The minimum absolute atomic E-state index is 0.0336. The van der Waals surface area contributed by atoms with E-state index in [4.69, 9.17) is 35.1 Å². The summed E-state index contributed by atoms with van der Waals surface area (Å²) >= 11 is 6.15. The second-order valence-electron chi connectivity index (χ2n) is 6.86. The van der Waals surface area contributed by atoms with Gasteiger partial charge < -0.3 is 23.5 Å². The van der Waals surface area contributed by atoms with E-state index in [0.29, 0.717) is 46.6 Å². The molecule has 4 rings (SSSR count). The number of benzene rings is 2. The lowest BCUT2D eigenvalue weighted by molar-refractivity contribution is -0.0180. The number of carbonyl (C=O) groups excluding carboxylic acids is 1. The first-order chi connectivity index (χ1) is 14.5. The summed E-state index contributed by atoms with van der Waals surface area (Å²) in [5.74, 6) is 1.43. The Morgan fingerprint density at radius 1 is 1.20 bits per heavy atom. The molecule has 0 unspecified atom stereocenters. The second kappa shape index (κ2) is 8.77. The Balaban J connectivity index is 1.42. The van der Waals surface area contributed by atoms with E-state index in [0.717, 1.165) is 16.8 Å². The maximum atomic E-state index is 12.6. The van der Waals surface area contributed by atoms with Crippen LogP contribution in [0.25, 0.3) is 0 Å². The van der Waals surface area contributed by atoms with Gasteiger partial charge in [-0.05, 0) is 44.2 Å². The molecule has 3 aromatic rings. The first kappa shape index (κ1) is 20.3. The van der Waals surface area contributed by atoms with Crippen molar-refractivity contribution >= 4 is 17.6 Å². The minimum atomic E-state index is -0.474. The van der Waals surface area contributed by atoms with Crippen LogP contribution in [0.4, 0.5) is 0 Å². The number of halogens is 1. The highest BCUT2D eigenvalue weighted by Gasteiger charge is 2.18. The smallest absolute Gasteiger partial charge is 0.338 e. The molecule has 0 radical (unpaired) electrons. The SMILES string of the molecule is Cc1noc(C)c1COc1cccc(C(=O)OCc2cc(Cl)cc3c2OCOC3)c1. The van der Waals surface area contributed by atoms with Crippen LogP contribution in [0.15, 0.2) is 40.9 Å². The number of aromatic nitrogens is 1. The fraction of sp³-hybridized carbons (Fsp3) is 0.273. The molecule has 0 amide bonds. The van der Waals surface area contributed by atoms with Crippen molar-refractivity contribution in [1.29, 1.82) is 0 Å². The van der Waals surface area contributed by atoms with Crippen LogP contribution in [-0.2, 0) is 29.3 Å². The fourth-order valence-corrected chi connectivity index (χ4v) is 3.43. The lowest BCUT2D eigenvalue weighted by Gasteiger charge is -2.21. The van der Waals surface area contributed by atoms with Gasteiger partial charge in [0.1, 0.15) is 30.5 Å². The number of hydrogen-bond donors (Lipinski definition) is 0. The first-order valence-electron chi connectivity index (χ1n) is 9.35. The van der Waals surface area contributed by atoms with Crippen molar-refractivity contribution in [3.05, 3.63) is 75.1 Å². The van der Waals surface area contributed by atoms with Crippen molar-refractivity contribution in [2.45, 2.75) is 33.7 Å². The van der Waals surface area contributed by atoms with E-state index < -0.39 is 5.97 Å². The molecule has 0 aliphatic carbocycles. The van der Waals surface area contributed by atoms with Gasteiger partial charge in [-0.15, -0.1) is 0 Å². The number of aryl methyl sites for hydroxylation is 2. The average Bonchev–Trinajstić information content (AvgIpc) is 3.07. The van der Waals surface area contributed by atoms with Gasteiger partial charge in [0, 0.05) is 16.1 Å². The largest absolute Gasteiger partial charge is 0.489 e. The molecule has 8 heteroatoms. The van der Waals surface area contributed by atoms with Gasteiger partial charge in [-0.2, -0.15) is 0 Å². The zero-order chi connectivity index (χ0) is 21.1. The molecule has 1 aromatic heterocycles. The molecule has 0 N–H and O–H groups in total. The van der Waals surface area contributed by atoms with Crippen molar-refractivity contribution in [2.24, 2.45) is 0 Å². The third-order valence-electron chi connectivity index (χ3n) is 4.74. The maximum Gasteiger partial charge on any atom is 0.338 e. The van der Waals surface area contributed by atoms with E-state index in [1.54, 1.807) is 36.4 Å². The average molecular weight is 430 g/mol. The predicted molar refractivity (Wildman–Crippen MR) is 108 cm³/mol. The maximum absolute atomic E-state index is 12.6. The van der Waals surface area contributed by atoms with Crippen LogP contribution >= 0.6 is 11.6 Å². The van der Waals surface area contributed by atoms with Gasteiger partial charge in [0.2, 0.25) is 0 Å². The Bertz CT molecular complexity index is 1060. The highest BCUT2D eigenvalue weighted by molar-refractivity contribution is 6.30. The molecule has 2 aromatic carbocycles. The molecule has 1 aliphatic heterocycles. The summed E-state index contributed by atoms with van der Waals surface area (Å²) in [4.78, 5) is 12.6. The molecular weight excluding hydrogens is 410 g/mol. The Kier molecular flexibility index (Phi) is 5.92. The molecule has 2 heterocycles. The molecular formula is C22H20ClNO6. The Labute approximate surface area is 178 Å². The lowest BCUT2D eigenvalue weighted by Crippen LogP contribution is -2.14. The molecule has 0 saturated heterocycles. The van der Waals surface area contributed by atoms with E-state index in [2.05, 4.69) is 5.16 Å². The molecule has 156 valence electrons. The Hall–Kier alpha value is -3.03. The molecule has 0 bridgehead atoms. The van der Waals surface area contributed by atoms with Gasteiger partial charge in [-0.3, -0.25) is 0 Å². The van der Waals surface area contributed by atoms with Crippen molar-refractivity contribution in [1.82, 2.24) is 5.16 Å². The number of rotatable bonds is 6. The first-order valence-corrected chi connectivity index (χ1v) is 9.72. The third-order valence-corrected chi connectivity index (χ3v) is 4.96. The van der Waals surface area contributed by atoms with Crippen LogP contribution in [0.3, 0.4) is 0 Å². The van der Waals surface area contributed by atoms with Gasteiger partial charge in [0.15, 0.2) is 6.79 Å². The summed E-state index contributed by atoms with van der Waals surface area (Å²) < 4.78 is 27.2. The van der Waals surface area contributed by atoms with E-state index in [-0.39, 0.29) is 13.4 Å². The monoisotopic (exact) mass is 429 g/mol. The van der Waals surface area contributed by atoms with Crippen LogP contribution in [-0.4, -0.2) is 17.9 Å². The quantitative estimate of drug-likeness (QED) is 0.523. The molecule has 0 spiro atoms. The van der Waals surface area contributed by atoms with Gasteiger partial charge in [0.25, 0.3) is 0 Å². The zero-order valence-corrected chi connectivity index (χ0v) is 17.3. The van der Waals surface area contributed by atoms with Crippen LogP contribution < -0.4 is 9.47 Å². The summed E-state index contributed by atoms with van der Waals surface area (Å²) in [6.45, 7) is 4.57. The number of nitrogens with zero attached hydrogens (tertiary/aromatic N) is 1. The molecule has 1 aliphatic rings. The summed E-state index contributed by atoms with van der Waals surface area (Å²) in [6.07, 6.45) is 0. The van der Waals surface area contributed by atoms with E-state index in [9.17, 15) is 4.79 Å². The highest BCUT2D eigenvalue weighted by atomic mass is 35.5. The topological polar surface area (TPSA) is 80.0 Å². The Morgan fingerprint density at radius 3 is 2.87 bits per heavy atom. The minimum Gasteiger partial charge on any atom is -0.489 e. The highest BCUT2D eigenvalue weighted by Crippen LogP contribution is 2.32. The lowest BCUT2D eigenvalue weighted by atomic mass is 10.1. The van der Waals surface area contributed by atoms with Crippen molar-refractivity contribution < 1.29 is 28.3 Å². The van der Waals surface area contributed by atoms with E-state index >= 15 is 0 Å². The summed E-state index contributed by atoms with van der Waals surface area (Å²) in [5, 5.41) is 4.44. The van der Waals surface area contributed by atoms with Crippen LogP contribution in [0, 0.1) is 13.8 Å². The van der Waals surface area contributed by atoms with Crippen molar-refractivity contribution in [2.75, 3.05) is 6.79 Å². The summed E-state index contributed by atoms with van der Waals surface area (Å²) in [6, 6.07) is 10.3. The summed E-state index contributed by atoms with van der Waals surface area (Å²) in [7, 11) is 0. The molecule has 0 saturated carbocycles. The fourth-order valence-electron chi connectivity index (χ4n) is 3.17. The van der Waals surface area contributed by atoms with Gasteiger partial charge >= 0.3 is 5.97 Å². The van der Waals surface area contributed by atoms with Crippen molar-refractivity contribution in [3.63, 3.8) is 0 Å². The number of carbonyl (C=O) groups is 1. The molecule has 30 heavy (non-hydrogen) atoms. The Morgan fingerprint density at radius 2 is 2.07 bits per heavy atom. The van der Waals surface area contributed by atoms with E-state index in [1.807, 2.05) is 13.8 Å². The number of hydrogen-bond acceptors (Lipinski definition) is 7. The number of ether oxygens (including phenoxy) is 4. The van der Waals surface area contributed by atoms with Crippen LogP contribution in [0.2, 0.25) is 5.02 Å². The number of fused-ring (bicyclic) bond motifs is 1. The third kappa shape index (κ3) is 4.42. The van der Waals surface area contributed by atoms with Gasteiger partial charge in [-0.1, -0.05) is 22.8 Å². The van der Waals surface area contributed by atoms with Crippen molar-refractivity contribution in [3.8, 4) is 11.5 Å². The molecule has 0 atom stereocenters. The van der Waals surface area contributed by atoms with Crippen LogP contribution in [0.1, 0.15) is 38.5 Å². The second-order valence-corrected chi connectivity index (χ2v) is 7.30. The molecule has 0 fully saturated rings. The summed E-state index contributed by atoms with van der Waals surface area (Å²) in [5.41, 5.74) is 3.57. The normalized spacial score (nSPS) is 12.8. The zero-order valence-electron chi connectivity index (χ0n) is 16.6.